The number of hydrogen-bond acceptors (Lipinski definition) is 2. The van der Waals surface area contributed by atoms with Crippen LogP contribution in [0.25, 0.3) is 0 Å². The molecule has 0 bridgehead atoms. The number of likely N-dealkylation sites (tertiary alicyclic amines) is 1. The number of piperidine rings is 1. The molecule has 1 fully saturated rings. The van der Waals surface area contributed by atoms with Crippen molar-refractivity contribution in [2.24, 2.45) is 5.92 Å². The highest BCUT2D eigenvalue weighted by Crippen LogP contribution is 2.26. The Balaban J connectivity index is 1.95. The van der Waals surface area contributed by atoms with E-state index in [1.165, 1.54) is 0 Å². The molecule has 1 N–H and O–H groups in total. The first-order valence-corrected chi connectivity index (χ1v) is 7.44. The van der Waals surface area contributed by atoms with E-state index in [4.69, 9.17) is 0 Å². The Bertz CT molecular complexity index is 357. The average molecular weight is 264 g/mol. The molecule has 0 aromatic carbocycles. The van der Waals surface area contributed by atoms with Gasteiger partial charge in [-0.15, -0.1) is 0 Å². The lowest BCUT2D eigenvalue weighted by Gasteiger charge is -2.37. The van der Waals surface area contributed by atoms with Crippen LogP contribution in [0.2, 0.25) is 0 Å². The van der Waals surface area contributed by atoms with Crippen molar-refractivity contribution in [1.29, 1.82) is 0 Å². The predicted molar refractivity (Wildman–Crippen MR) is 74.5 cm³/mol. The summed E-state index contributed by atoms with van der Waals surface area (Å²) in [6.07, 6.45) is 9.51. The molecule has 1 aliphatic carbocycles. The molecule has 1 atom stereocenters. The summed E-state index contributed by atoms with van der Waals surface area (Å²) in [7, 11) is 0. The zero-order chi connectivity index (χ0) is 13.7. The van der Waals surface area contributed by atoms with Crippen LogP contribution in [0.1, 0.15) is 45.4 Å². The van der Waals surface area contributed by atoms with Gasteiger partial charge in [0.1, 0.15) is 0 Å². The zero-order valence-electron chi connectivity index (χ0n) is 11.7. The number of carbonyl (C=O) groups is 2. The van der Waals surface area contributed by atoms with E-state index in [2.05, 4.69) is 17.5 Å². The molecule has 0 saturated carbocycles. The highest BCUT2D eigenvalue weighted by molar-refractivity contribution is 5.82. The minimum atomic E-state index is 0.0664. The largest absolute Gasteiger partial charge is 0.356 e. The van der Waals surface area contributed by atoms with Crippen LogP contribution in [-0.4, -0.2) is 35.8 Å². The Morgan fingerprint density at radius 3 is 2.68 bits per heavy atom. The molecule has 1 heterocycles. The van der Waals surface area contributed by atoms with Crippen molar-refractivity contribution in [3.63, 3.8) is 0 Å². The second kappa shape index (κ2) is 6.73. The second-order valence-corrected chi connectivity index (χ2v) is 5.48. The molecular weight excluding hydrogens is 240 g/mol. The van der Waals surface area contributed by atoms with Crippen LogP contribution < -0.4 is 5.32 Å². The van der Waals surface area contributed by atoms with Crippen molar-refractivity contribution in [2.45, 2.75) is 51.5 Å². The van der Waals surface area contributed by atoms with Crippen molar-refractivity contribution < 1.29 is 9.59 Å². The van der Waals surface area contributed by atoms with Crippen molar-refractivity contribution >= 4 is 11.8 Å². The Labute approximate surface area is 115 Å². The molecule has 1 aliphatic heterocycles. The number of nitrogens with zero attached hydrogens (tertiary/aromatic N) is 1. The lowest BCUT2D eigenvalue weighted by atomic mass is 9.95. The van der Waals surface area contributed by atoms with Gasteiger partial charge in [-0.1, -0.05) is 12.2 Å². The molecular formula is C15H24N2O2. The van der Waals surface area contributed by atoms with Gasteiger partial charge in [-0.05, 0) is 39.0 Å². The Morgan fingerprint density at radius 1 is 1.26 bits per heavy atom. The molecule has 0 unspecified atom stereocenters. The molecule has 0 aromatic heterocycles. The van der Waals surface area contributed by atoms with Gasteiger partial charge in [-0.25, -0.2) is 0 Å². The summed E-state index contributed by atoms with van der Waals surface area (Å²) in [5.41, 5.74) is 0. The van der Waals surface area contributed by atoms with E-state index in [1.807, 2.05) is 11.8 Å². The van der Waals surface area contributed by atoms with Crippen LogP contribution in [0.15, 0.2) is 12.2 Å². The summed E-state index contributed by atoms with van der Waals surface area (Å²) in [6.45, 7) is 3.40. The van der Waals surface area contributed by atoms with Gasteiger partial charge in [0, 0.05) is 31.5 Å². The highest BCUT2D eigenvalue weighted by atomic mass is 16.2. The van der Waals surface area contributed by atoms with E-state index in [9.17, 15) is 9.59 Å². The quantitative estimate of drug-likeness (QED) is 0.788. The van der Waals surface area contributed by atoms with E-state index in [0.29, 0.717) is 13.0 Å². The van der Waals surface area contributed by atoms with Gasteiger partial charge in [-0.2, -0.15) is 0 Å². The van der Waals surface area contributed by atoms with Gasteiger partial charge < -0.3 is 10.2 Å². The Hall–Kier alpha value is -1.32. The molecule has 0 aromatic rings. The summed E-state index contributed by atoms with van der Waals surface area (Å²) in [4.78, 5) is 26.2. The van der Waals surface area contributed by atoms with Gasteiger partial charge in [0.05, 0.1) is 0 Å². The van der Waals surface area contributed by atoms with E-state index in [1.54, 1.807) is 0 Å². The van der Waals surface area contributed by atoms with Crippen LogP contribution in [0.4, 0.5) is 0 Å². The van der Waals surface area contributed by atoms with Crippen LogP contribution in [0.3, 0.4) is 0 Å². The summed E-state index contributed by atoms with van der Waals surface area (Å²) < 4.78 is 0. The number of amides is 2. The maximum Gasteiger partial charge on any atom is 0.226 e. The molecule has 0 spiro atoms. The van der Waals surface area contributed by atoms with E-state index < -0.39 is 0 Å². The van der Waals surface area contributed by atoms with Gasteiger partial charge in [-0.3, -0.25) is 9.59 Å². The number of hydrogen-bond donors (Lipinski definition) is 1. The van der Waals surface area contributed by atoms with E-state index in [0.717, 1.165) is 38.6 Å². The molecule has 106 valence electrons. The normalized spacial score (nSPS) is 23.6. The predicted octanol–water partition coefficient (Wildman–Crippen LogP) is 1.86. The van der Waals surface area contributed by atoms with Crippen molar-refractivity contribution in [3.05, 3.63) is 12.2 Å². The smallest absolute Gasteiger partial charge is 0.226 e. The van der Waals surface area contributed by atoms with E-state index >= 15 is 0 Å². The van der Waals surface area contributed by atoms with Crippen LogP contribution >= 0.6 is 0 Å². The minimum Gasteiger partial charge on any atom is -0.356 e. The average Bonchev–Trinajstić information content (AvgIpc) is 2.93. The molecule has 0 radical (unpaired) electrons. The van der Waals surface area contributed by atoms with Crippen molar-refractivity contribution in [1.82, 2.24) is 10.2 Å². The fourth-order valence-corrected chi connectivity index (χ4v) is 3.04. The third kappa shape index (κ3) is 3.58. The number of allylic oxidation sites excluding steroid dienone is 2. The SMILES string of the molecule is CCNC(=O)C[C@H]1CCCCN1C(=O)C1CC=CC1. The highest BCUT2D eigenvalue weighted by Gasteiger charge is 2.32. The Kier molecular flexibility index (Phi) is 5.00. The van der Waals surface area contributed by atoms with Gasteiger partial charge in [0.25, 0.3) is 0 Å². The third-order valence-corrected chi connectivity index (χ3v) is 4.06. The first-order chi connectivity index (χ1) is 9.22. The zero-order valence-corrected chi connectivity index (χ0v) is 11.7. The monoisotopic (exact) mass is 264 g/mol. The molecule has 1 saturated heterocycles. The molecule has 2 aliphatic rings. The fraction of sp³-hybridized carbons (Fsp3) is 0.733. The molecule has 19 heavy (non-hydrogen) atoms. The lowest BCUT2D eigenvalue weighted by Crippen LogP contribution is -2.48. The van der Waals surface area contributed by atoms with Crippen molar-refractivity contribution in [3.8, 4) is 0 Å². The van der Waals surface area contributed by atoms with Crippen LogP contribution in [-0.2, 0) is 9.59 Å². The Morgan fingerprint density at radius 2 is 2.00 bits per heavy atom. The maximum atomic E-state index is 12.5. The van der Waals surface area contributed by atoms with Gasteiger partial charge in [0.15, 0.2) is 0 Å². The maximum absolute atomic E-state index is 12.5. The van der Waals surface area contributed by atoms with Crippen molar-refractivity contribution in [2.75, 3.05) is 13.1 Å². The fourth-order valence-electron chi connectivity index (χ4n) is 3.04. The first-order valence-electron chi connectivity index (χ1n) is 7.44. The van der Waals surface area contributed by atoms with Gasteiger partial charge >= 0.3 is 0 Å². The summed E-state index contributed by atoms with van der Waals surface area (Å²) in [5, 5.41) is 2.83. The summed E-state index contributed by atoms with van der Waals surface area (Å²) >= 11 is 0. The molecule has 4 nitrogen and oxygen atoms in total. The first kappa shape index (κ1) is 14.1. The van der Waals surface area contributed by atoms with Crippen LogP contribution in [0.5, 0.6) is 0 Å². The topological polar surface area (TPSA) is 49.4 Å². The van der Waals surface area contributed by atoms with Gasteiger partial charge in [0.2, 0.25) is 11.8 Å². The second-order valence-electron chi connectivity index (χ2n) is 5.48. The summed E-state index contributed by atoms with van der Waals surface area (Å²) in [5.74, 6) is 0.436. The van der Waals surface area contributed by atoms with E-state index in [-0.39, 0.29) is 23.8 Å². The lowest BCUT2D eigenvalue weighted by molar-refractivity contribution is -0.140. The third-order valence-electron chi connectivity index (χ3n) is 4.06. The number of carbonyl (C=O) groups excluding carboxylic acids is 2. The summed E-state index contributed by atoms with van der Waals surface area (Å²) in [6, 6.07) is 0.105. The number of nitrogens with one attached hydrogen (secondary N) is 1. The molecule has 4 heteroatoms. The number of rotatable bonds is 4. The molecule has 2 rings (SSSR count). The standard InChI is InChI=1S/C15H24N2O2/c1-2-16-14(18)11-13-9-5-6-10-17(13)15(19)12-7-3-4-8-12/h3-4,12-13H,2,5-11H2,1H3,(H,16,18)/t13-/m1/s1. The van der Waals surface area contributed by atoms with Crippen LogP contribution in [0, 0.1) is 5.92 Å². The minimum absolute atomic E-state index is 0.0664. The molecule has 2 amide bonds.